The van der Waals surface area contributed by atoms with E-state index in [1.54, 1.807) is 0 Å². The van der Waals surface area contributed by atoms with Gasteiger partial charge in [-0.25, -0.2) is 4.79 Å². The van der Waals surface area contributed by atoms with Crippen LogP contribution in [0.25, 0.3) is 0 Å². The lowest BCUT2D eigenvalue weighted by atomic mass is 10.2. The average molecular weight is 184 g/mol. The lowest BCUT2D eigenvalue weighted by Gasteiger charge is -2.06. The molecule has 0 aliphatic heterocycles. The lowest BCUT2D eigenvalue weighted by molar-refractivity contribution is 0.0693. The Bertz CT molecular complexity index is 345. The summed E-state index contributed by atoms with van der Waals surface area (Å²) in [5.41, 5.74) is -0.196. The highest BCUT2D eigenvalue weighted by atomic mass is 16.5. The number of carbonyl (C=O) groups is 1. The van der Waals surface area contributed by atoms with Crippen LogP contribution in [-0.4, -0.2) is 28.4 Å². The molecule has 1 aromatic rings. The summed E-state index contributed by atoms with van der Waals surface area (Å²) >= 11 is 0. The van der Waals surface area contributed by atoms with Crippen molar-refractivity contribution < 1.29 is 24.9 Å². The molecule has 0 atom stereocenters. The van der Waals surface area contributed by atoms with Gasteiger partial charge in [0.15, 0.2) is 11.5 Å². The van der Waals surface area contributed by atoms with Gasteiger partial charge in [0.2, 0.25) is 0 Å². The highest BCUT2D eigenvalue weighted by Crippen LogP contribution is 2.32. The fraction of sp³-hybridized carbons (Fsp3) is 0.125. The second-order valence-corrected chi connectivity index (χ2v) is 2.35. The molecule has 1 rings (SSSR count). The monoisotopic (exact) mass is 184 g/mol. The standard InChI is InChI=1S/C8H8O5/c1-13-7-3-6(10)5(9)2-4(7)8(11)12/h2-3,9-10H,1H3,(H,11,12). The Labute approximate surface area is 73.8 Å². The van der Waals surface area contributed by atoms with E-state index in [4.69, 9.17) is 20.1 Å². The Balaban J connectivity index is 3.33. The molecular formula is C8H8O5. The fourth-order valence-corrected chi connectivity index (χ4v) is 0.894. The molecule has 13 heavy (non-hydrogen) atoms. The van der Waals surface area contributed by atoms with Crippen LogP contribution in [0.3, 0.4) is 0 Å². The normalized spacial score (nSPS) is 9.62. The third kappa shape index (κ3) is 1.64. The largest absolute Gasteiger partial charge is 0.504 e. The minimum Gasteiger partial charge on any atom is -0.504 e. The minimum absolute atomic E-state index is 0.00259. The highest BCUT2D eigenvalue weighted by Gasteiger charge is 2.14. The third-order valence-corrected chi connectivity index (χ3v) is 1.53. The van der Waals surface area contributed by atoms with E-state index in [0.29, 0.717) is 0 Å². The number of hydrogen-bond donors (Lipinski definition) is 3. The summed E-state index contributed by atoms with van der Waals surface area (Å²) < 4.78 is 4.69. The Hall–Kier alpha value is -1.91. The van der Waals surface area contributed by atoms with E-state index < -0.39 is 17.5 Å². The van der Waals surface area contributed by atoms with Crippen LogP contribution < -0.4 is 4.74 Å². The lowest BCUT2D eigenvalue weighted by Crippen LogP contribution is -1.99. The highest BCUT2D eigenvalue weighted by molar-refractivity contribution is 5.91. The van der Waals surface area contributed by atoms with Gasteiger partial charge in [-0.05, 0) is 0 Å². The van der Waals surface area contributed by atoms with Crippen molar-refractivity contribution in [3.8, 4) is 17.2 Å². The van der Waals surface area contributed by atoms with Crippen LogP contribution in [0, 0.1) is 0 Å². The quantitative estimate of drug-likeness (QED) is 0.592. The van der Waals surface area contributed by atoms with Crippen molar-refractivity contribution in [1.29, 1.82) is 0 Å². The number of benzene rings is 1. The van der Waals surface area contributed by atoms with Crippen LogP contribution in [0.2, 0.25) is 0 Å². The molecule has 0 aliphatic carbocycles. The Morgan fingerprint density at radius 1 is 1.31 bits per heavy atom. The molecule has 1 aromatic carbocycles. The van der Waals surface area contributed by atoms with Crippen molar-refractivity contribution >= 4 is 5.97 Å². The third-order valence-electron chi connectivity index (χ3n) is 1.53. The van der Waals surface area contributed by atoms with Crippen LogP contribution in [0.1, 0.15) is 10.4 Å². The van der Waals surface area contributed by atoms with Gasteiger partial charge in [0.1, 0.15) is 11.3 Å². The summed E-state index contributed by atoms with van der Waals surface area (Å²) in [6.07, 6.45) is 0. The number of phenolic OH excluding ortho intramolecular Hbond substituents is 2. The number of aromatic carboxylic acids is 1. The number of hydrogen-bond acceptors (Lipinski definition) is 4. The van der Waals surface area contributed by atoms with Crippen LogP contribution in [0.15, 0.2) is 12.1 Å². The van der Waals surface area contributed by atoms with E-state index in [0.717, 1.165) is 12.1 Å². The number of carboxylic acid groups (broad SMARTS) is 1. The van der Waals surface area contributed by atoms with Crippen molar-refractivity contribution in [2.24, 2.45) is 0 Å². The maximum atomic E-state index is 10.6. The number of methoxy groups -OCH3 is 1. The maximum Gasteiger partial charge on any atom is 0.339 e. The van der Waals surface area contributed by atoms with Crippen molar-refractivity contribution in [3.63, 3.8) is 0 Å². The molecule has 5 heteroatoms. The van der Waals surface area contributed by atoms with Crippen LogP contribution in [-0.2, 0) is 0 Å². The predicted octanol–water partition coefficient (Wildman–Crippen LogP) is 0.805. The minimum atomic E-state index is -1.23. The van der Waals surface area contributed by atoms with Crippen LogP contribution in [0.5, 0.6) is 17.2 Å². The number of phenols is 2. The molecule has 0 saturated carbocycles. The zero-order chi connectivity index (χ0) is 10.0. The van der Waals surface area contributed by atoms with Crippen molar-refractivity contribution in [1.82, 2.24) is 0 Å². The molecule has 0 radical (unpaired) electrons. The molecule has 0 aliphatic rings. The number of rotatable bonds is 2. The van der Waals surface area contributed by atoms with Gasteiger partial charge in [0.25, 0.3) is 0 Å². The van der Waals surface area contributed by atoms with E-state index in [1.165, 1.54) is 7.11 Å². The molecule has 0 aromatic heterocycles. The summed E-state index contributed by atoms with van der Waals surface area (Å²) in [6.45, 7) is 0. The van der Waals surface area contributed by atoms with E-state index in [-0.39, 0.29) is 11.3 Å². The molecular weight excluding hydrogens is 176 g/mol. The fourth-order valence-electron chi connectivity index (χ4n) is 0.894. The van der Waals surface area contributed by atoms with Crippen LogP contribution in [0.4, 0.5) is 0 Å². The second kappa shape index (κ2) is 3.22. The van der Waals surface area contributed by atoms with Gasteiger partial charge in [-0.2, -0.15) is 0 Å². The molecule has 70 valence electrons. The smallest absolute Gasteiger partial charge is 0.339 e. The van der Waals surface area contributed by atoms with E-state index >= 15 is 0 Å². The predicted molar refractivity (Wildman–Crippen MR) is 43.3 cm³/mol. The van der Waals surface area contributed by atoms with Gasteiger partial charge in [-0.15, -0.1) is 0 Å². The van der Waals surface area contributed by atoms with Gasteiger partial charge < -0.3 is 20.1 Å². The van der Waals surface area contributed by atoms with Crippen LogP contribution >= 0.6 is 0 Å². The van der Waals surface area contributed by atoms with E-state index in [9.17, 15) is 4.79 Å². The van der Waals surface area contributed by atoms with Crippen molar-refractivity contribution in [2.75, 3.05) is 7.11 Å². The first-order valence-electron chi connectivity index (χ1n) is 3.39. The van der Waals surface area contributed by atoms with Gasteiger partial charge in [-0.1, -0.05) is 0 Å². The van der Waals surface area contributed by atoms with Crippen molar-refractivity contribution in [3.05, 3.63) is 17.7 Å². The first-order valence-corrected chi connectivity index (χ1v) is 3.39. The molecule has 0 unspecified atom stereocenters. The molecule has 0 amide bonds. The summed E-state index contributed by atoms with van der Waals surface area (Å²) in [7, 11) is 1.28. The van der Waals surface area contributed by atoms with Gasteiger partial charge in [0.05, 0.1) is 7.11 Å². The first kappa shape index (κ1) is 9.18. The molecule has 0 spiro atoms. The molecule has 0 bridgehead atoms. The SMILES string of the molecule is COc1cc(O)c(O)cc1C(=O)O. The average Bonchev–Trinajstić information content (AvgIpc) is 2.08. The summed E-state index contributed by atoms with van der Waals surface area (Å²) in [5.74, 6) is -2.13. The zero-order valence-corrected chi connectivity index (χ0v) is 6.81. The number of ether oxygens (including phenoxy) is 1. The molecule has 0 fully saturated rings. The number of aromatic hydroxyl groups is 2. The second-order valence-electron chi connectivity index (χ2n) is 2.35. The van der Waals surface area contributed by atoms with E-state index in [1.807, 2.05) is 0 Å². The van der Waals surface area contributed by atoms with Crippen molar-refractivity contribution in [2.45, 2.75) is 0 Å². The maximum absolute atomic E-state index is 10.6. The zero-order valence-electron chi connectivity index (χ0n) is 6.81. The summed E-state index contributed by atoms with van der Waals surface area (Å²) in [6, 6.07) is 1.97. The Morgan fingerprint density at radius 3 is 2.31 bits per heavy atom. The van der Waals surface area contributed by atoms with Gasteiger partial charge in [-0.3, -0.25) is 0 Å². The summed E-state index contributed by atoms with van der Waals surface area (Å²) in [4.78, 5) is 10.6. The Kier molecular flexibility index (Phi) is 2.27. The Morgan fingerprint density at radius 2 is 1.85 bits per heavy atom. The van der Waals surface area contributed by atoms with Gasteiger partial charge >= 0.3 is 5.97 Å². The molecule has 3 N–H and O–H groups in total. The van der Waals surface area contributed by atoms with E-state index in [2.05, 4.69) is 0 Å². The number of carboxylic acids is 1. The molecule has 5 nitrogen and oxygen atoms in total. The molecule has 0 heterocycles. The first-order chi connectivity index (χ1) is 6.06. The summed E-state index contributed by atoms with van der Waals surface area (Å²) in [5, 5.41) is 26.7. The topological polar surface area (TPSA) is 87.0 Å². The molecule has 0 saturated heterocycles. The van der Waals surface area contributed by atoms with Gasteiger partial charge in [0, 0.05) is 12.1 Å².